The van der Waals surface area contributed by atoms with Gasteiger partial charge in [0.05, 0.1) is 0 Å². The van der Waals surface area contributed by atoms with Crippen LogP contribution in [0.15, 0.2) is 0 Å². The smallest absolute Gasteiger partial charge is 0.0354 e. The summed E-state index contributed by atoms with van der Waals surface area (Å²) in [6, 6.07) is 0. The number of unbranched alkanes of at least 4 members (excludes halogenated alkanes) is 16. The van der Waals surface area contributed by atoms with Gasteiger partial charge < -0.3 is 0 Å². The Hall–Kier alpha value is 0. The molecule has 0 aromatic heterocycles. The van der Waals surface area contributed by atoms with Gasteiger partial charge >= 0.3 is 0 Å². The molecule has 0 rings (SSSR count). The molecule has 0 amide bonds. The fraction of sp³-hybridized carbons (Fsp3) is 1.00. The van der Waals surface area contributed by atoms with E-state index in [2.05, 4.69) is 27.7 Å². The molecule has 0 saturated carbocycles. The van der Waals surface area contributed by atoms with Crippen molar-refractivity contribution in [1.29, 1.82) is 0 Å². The molecule has 0 aliphatic carbocycles. The second-order valence-corrected chi connectivity index (χ2v) is 9.32. The van der Waals surface area contributed by atoms with E-state index in [1.165, 1.54) is 128 Å². The van der Waals surface area contributed by atoms with Gasteiger partial charge in [-0.1, -0.05) is 143 Å². The summed E-state index contributed by atoms with van der Waals surface area (Å²) in [6.45, 7) is 9.61. The number of rotatable bonds is 20. The first kappa shape index (κ1) is 25.0. The van der Waals surface area contributed by atoms with E-state index < -0.39 is 0 Å². The first-order valence-corrected chi connectivity index (χ1v) is 12.1. The van der Waals surface area contributed by atoms with E-state index in [1.54, 1.807) is 0 Å². The van der Waals surface area contributed by atoms with Crippen molar-refractivity contribution in [3.05, 3.63) is 0 Å². The minimum atomic E-state index is 0.586. The van der Waals surface area contributed by atoms with Crippen LogP contribution in [0.4, 0.5) is 0 Å². The monoisotopic (exact) mass is 352 g/mol. The third-order valence-corrected chi connectivity index (χ3v) is 5.91. The number of hydrogen-bond acceptors (Lipinski definition) is 0. The molecule has 0 N–H and O–H groups in total. The second-order valence-electron chi connectivity index (χ2n) is 9.32. The molecular weight excluding hydrogens is 300 g/mol. The molecule has 0 radical (unpaired) electrons. The van der Waals surface area contributed by atoms with Crippen molar-refractivity contribution in [2.24, 2.45) is 5.41 Å². The Kier molecular flexibility index (Phi) is 18.8. The minimum absolute atomic E-state index is 0.586. The van der Waals surface area contributed by atoms with E-state index in [0.29, 0.717) is 5.41 Å². The van der Waals surface area contributed by atoms with Crippen LogP contribution in [0.1, 0.15) is 156 Å². The summed E-state index contributed by atoms with van der Waals surface area (Å²) in [5, 5.41) is 0. The summed E-state index contributed by atoms with van der Waals surface area (Å²) < 4.78 is 0. The van der Waals surface area contributed by atoms with Gasteiger partial charge in [-0.25, -0.2) is 0 Å². The van der Waals surface area contributed by atoms with Crippen molar-refractivity contribution in [3.63, 3.8) is 0 Å². The fourth-order valence-corrected chi connectivity index (χ4v) is 3.95. The van der Waals surface area contributed by atoms with Crippen LogP contribution in [-0.4, -0.2) is 0 Å². The molecule has 0 unspecified atom stereocenters. The first-order valence-electron chi connectivity index (χ1n) is 12.1. The number of hydrogen-bond donors (Lipinski definition) is 0. The Morgan fingerprint density at radius 2 is 0.600 bits per heavy atom. The fourth-order valence-electron chi connectivity index (χ4n) is 3.95. The van der Waals surface area contributed by atoms with Crippen LogP contribution in [0.25, 0.3) is 0 Å². The molecule has 0 aliphatic rings. The highest BCUT2D eigenvalue weighted by atomic mass is 14.2. The zero-order valence-electron chi connectivity index (χ0n) is 18.6. The minimum Gasteiger partial charge on any atom is -0.0654 e. The summed E-state index contributed by atoms with van der Waals surface area (Å²) in [5.41, 5.74) is 0.586. The molecule has 0 aromatic rings. The lowest BCUT2D eigenvalue weighted by atomic mass is 9.82. The van der Waals surface area contributed by atoms with E-state index in [0.717, 1.165) is 0 Å². The first-order chi connectivity index (χ1) is 12.1. The summed E-state index contributed by atoms with van der Waals surface area (Å²) >= 11 is 0. The summed E-state index contributed by atoms with van der Waals surface area (Å²) in [7, 11) is 0. The average Bonchev–Trinajstić information content (AvgIpc) is 2.59. The van der Waals surface area contributed by atoms with Crippen LogP contribution in [-0.2, 0) is 0 Å². The molecule has 0 atom stereocenters. The van der Waals surface area contributed by atoms with Crippen molar-refractivity contribution in [3.8, 4) is 0 Å². The lowest BCUT2D eigenvalue weighted by Crippen LogP contribution is -2.11. The van der Waals surface area contributed by atoms with Crippen LogP contribution in [0.2, 0.25) is 0 Å². The van der Waals surface area contributed by atoms with Crippen molar-refractivity contribution < 1.29 is 0 Å². The van der Waals surface area contributed by atoms with Crippen molar-refractivity contribution >= 4 is 0 Å². The molecule has 25 heavy (non-hydrogen) atoms. The largest absolute Gasteiger partial charge is 0.0654 e. The summed E-state index contributed by atoms with van der Waals surface area (Å²) in [5.74, 6) is 0. The van der Waals surface area contributed by atoms with E-state index in [9.17, 15) is 0 Å². The molecule has 0 saturated heterocycles. The van der Waals surface area contributed by atoms with Gasteiger partial charge in [-0.15, -0.1) is 0 Å². The zero-order valence-corrected chi connectivity index (χ0v) is 18.6. The van der Waals surface area contributed by atoms with E-state index in [4.69, 9.17) is 0 Å². The third kappa shape index (κ3) is 20.2. The highest BCUT2D eigenvalue weighted by molar-refractivity contribution is 4.68. The second kappa shape index (κ2) is 18.8. The maximum Gasteiger partial charge on any atom is -0.0354 e. The summed E-state index contributed by atoms with van der Waals surface area (Å²) in [6.07, 6.45) is 29.1. The highest BCUT2D eigenvalue weighted by Crippen LogP contribution is 2.30. The van der Waals surface area contributed by atoms with Crippen LogP contribution in [0.5, 0.6) is 0 Å². The van der Waals surface area contributed by atoms with Gasteiger partial charge in [0.2, 0.25) is 0 Å². The molecule has 0 heterocycles. The molecule has 0 aromatic carbocycles. The SMILES string of the molecule is CCCCCCCCCCCC(C)(C)CCCCCCCCCCC. The van der Waals surface area contributed by atoms with Crippen LogP contribution in [0.3, 0.4) is 0 Å². The normalized spacial score (nSPS) is 12.0. The van der Waals surface area contributed by atoms with E-state index in [1.807, 2.05) is 0 Å². The third-order valence-electron chi connectivity index (χ3n) is 5.91. The standard InChI is InChI=1S/C25H52/c1-5-7-9-11-13-15-17-19-21-23-25(3,4)24-22-20-18-16-14-12-10-8-6-2/h5-24H2,1-4H3. The van der Waals surface area contributed by atoms with Gasteiger partial charge in [0.25, 0.3) is 0 Å². The van der Waals surface area contributed by atoms with Gasteiger partial charge in [-0.05, 0) is 18.3 Å². The van der Waals surface area contributed by atoms with Crippen molar-refractivity contribution in [2.45, 2.75) is 156 Å². The topological polar surface area (TPSA) is 0 Å². The lowest BCUT2D eigenvalue weighted by molar-refractivity contribution is 0.282. The van der Waals surface area contributed by atoms with Gasteiger partial charge in [0.1, 0.15) is 0 Å². The average molecular weight is 353 g/mol. The molecule has 0 fully saturated rings. The van der Waals surface area contributed by atoms with E-state index in [-0.39, 0.29) is 0 Å². The Morgan fingerprint density at radius 1 is 0.360 bits per heavy atom. The molecule has 0 spiro atoms. The highest BCUT2D eigenvalue weighted by Gasteiger charge is 2.16. The molecule has 0 nitrogen and oxygen atoms in total. The van der Waals surface area contributed by atoms with Gasteiger partial charge in [-0.2, -0.15) is 0 Å². The molecule has 0 bridgehead atoms. The predicted octanol–water partition coefficient (Wildman–Crippen LogP) is 9.85. The molecule has 152 valence electrons. The molecular formula is C25H52. The van der Waals surface area contributed by atoms with E-state index >= 15 is 0 Å². The Bertz CT molecular complexity index is 216. The summed E-state index contributed by atoms with van der Waals surface area (Å²) in [4.78, 5) is 0. The van der Waals surface area contributed by atoms with Crippen LogP contribution in [0, 0.1) is 5.41 Å². The van der Waals surface area contributed by atoms with Crippen LogP contribution >= 0.6 is 0 Å². The molecule has 0 heteroatoms. The van der Waals surface area contributed by atoms with Crippen LogP contribution < -0.4 is 0 Å². The van der Waals surface area contributed by atoms with Crippen molar-refractivity contribution in [1.82, 2.24) is 0 Å². The maximum absolute atomic E-state index is 2.50. The Morgan fingerprint density at radius 3 is 0.880 bits per heavy atom. The van der Waals surface area contributed by atoms with Gasteiger partial charge in [0, 0.05) is 0 Å². The molecule has 0 aliphatic heterocycles. The van der Waals surface area contributed by atoms with Gasteiger partial charge in [0.15, 0.2) is 0 Å². The quantitative estimate of drug-likeness (QED) is 0.191. The lowest BCUT2D eigenvalue weighted by Gasteiger charge is -2.24. The predicted molar refractivity (Wildman–Crippen MR) is 117 cm³/mol. The zero-order chi connectivity index (χ0) is 18.6. The van der Waals surface area contributed by atoms with Gasteiger partial charge in [-0.3, -0.25) is 0 Å². The Balaban J connectivity index is 3.32. The Labute approximate surface area is 161 Å². The maximum atomic E-state index is 2.50. The van der Waals surface area contributed by atoms with Crippen molar-refractivity contribution in [2.75, 3.05) is 0 Å².